The van der Waals surface area contributed by atoms with E-state index in [-0.39, 0.29) is 5.91 Å². The molecule has 1 N–H and O–H groups in total. The number of nitrogens with zero attached hydrogens (tertiary/aromatic N) is 1. The van der Waals surface area contributed by atoms with Crippen molar-refractivity contribution in [2.24, 2.45) is 0 Å². The minimum Gasteiger partial charge on any atom is -0.345 e. The van der Waals surface area contributed by atoms with E-state index in [1.807, 2.05) is 14.0 Å². The van der Waals surface area contributed by atoms with Crippen LogP contribution in [0.5, 0.6) is 0 Å². The third-order valence-electron chi connectivity index (χ3n) is 3.05. The minimum absolute atomic E-state index is 0.207. The van der Waals surface area contributed by atoms with Crippen LogP contribution < -0.4 is 5.32 Å². The summed E-state index contributed by atoms with van der Waals surface area (Å²) in [5, 5.41) is 3.35. The Morgan fingerprint density at radius 2 is 2.00 bits per heavy atom. The number of hydrogen-bond acceptors (Lipinski definition) is 2. The highest BCUT2D eigenvalue weighted by Crippen LogP contribution is 2.16. The number of rotatable bonds is 4. The molecule has 82 valence electrons. The maximum Gasteiger partial charge on any atom is 0.236 e. The van der Waals surface area contributed by atoms with Gasteiger partial charge in [-0.15, -0.1) is 0 Å². The number of nitrogens with one attached hydrogen (secondary N) is 1. The van der Waals surface area contributed by atoms with Crippen LogP contribution in [0.3, 0.4) is 0 Å². The number of likely N-dealkylation sites (N-methyl/N-ethyl adjacent to an activating group) is 1. The van der Waals surface area contributed by atoms with Gasteiger partial charge >= 0.3 is 0 Å². The van der Waals surface area contributed by atoms with Gasteiger partial charge in [0, 0.05) is 19.6 Å². The van der Waals surface area contributed by atoms with Crippen molar-refractivity contribution < 1.29 is 4.79 Å². The first-order chi connectivity index (χ1) is 6.74. The van der Waals surface area contributed by atoms with Gasteiger partial charge in [-0.1, -0.05) is 19.3 Å². The lowest BCUT2D eigenvalue weighted by atomic mass is 9.95. The molecule has 1 saturated carbocycles. The summed E-state index contributed by atoms with van der Waals surface area (Å²) in [6.07, 6.45) is 6.47. The Kier molecular flexibility index (Phi) is 4.94. The smallest absolute Gasteiger partial charge is 0.236 e. The second-order valence-corrected chi connectivity index (χ2v) is 4.12. The normalized spacial score (nSPS) is 18.1. The lowest BCUT2D eigenvalue weighted by Gasteiger charge is -2.23. The van der Waals surface area contributed by atoms with E-state index in [1.54, 1.807) is 4.90 Å². The molecule has 14 heavy (non-hydrogen) atoms. The average Bonchev–Trinajstić information content (AvgIpc) is 2.26. The van der Waals surface area contributed by atoms with Crippen LogP contribution in [0.4, 0.5) is 0 Å². The molecule has 0 bridgehead atoms. The summed E-state index contributed by atoms with van der Waals surface area (Å²) in [5.74, 6) is 0.207. The quantitative estimate of drug-likeness (QED) is 0.740. The molecule has 1 amide bonds. The predicted octanol–water partition coefficient (Wildman–Crippen LogP) is 1.39. The molecule has 1 rings (SSSR count). The van der Waals surface area contributed by atoms with Gasteiger partial charge in [0.15, 0.2) is 0 Å². The van der Waals surface area contributed by atoms with Crippen molar-refractivity contribution in [2.75, 3.05) is 20.1 Å². The van der Waals surface area contributed by atoms with E-state index in [0.717, 1.165) is 6.54 Å². The maximum atomic E-state index is 11.5. The molecule has 1 aliphatic carbocycles. The largest absolute Gasteiger partial charge is 0.345 e. The van der Waals surface area contributed by atoms with Crippen LogP contribution in [0.25, 0.3) is 0 Å². The van der Waals surface area contributed by atoms with Gasteiger partial charge in [0.05, 0.1) is 6.54 Å². The molecule has 0 atom stereocenters. The number of hydrogen-bond donors (Lipinski definition) is 1. The summed E-state index contributed by atoms with van der Waals surface area (Å²) in [6, 6.07) is 0.581. The van der Waals surface area contributed by atoms with Crippen LogP contribution in [0.15, 0.2) is 0 Å². The van der Waals surface area contributed by atoms with E-state index in [0.29, 0.717) is 12.6 Å². The summed E-state index contributed by atoms with van der Waals surface area (Å²) in [5.41, 5.74) is 0. The van der Waals surface area contributed by atoms with E-state index in [1.165, 1.54) is 32.1 Å². The first kappa shape index (κ1) is 11.5. The van der Waals surface area contributed by atoms with Gasteiger partial charge in [-0.2, -0.15) is 0 Å². The molecular formula is C11H22N2O. The van der Waals surface area contributed by atoms with Crippen molar-refractivity contribution in [3.8, 4) is 0 Å². The summed E-state index contributed by atoms with van der Waals surface area (Å²) in [4.78, 5) is 13.2. The molecule has 0 unspecified atom stereocenters. The van der Waals surface area contributed by atoms with Gasteiger partial charge in [0.2, 0.25) is 5.91 Å². The number of amides is 1. The van der Waals surface area contributed by atoms with Gasteiger partial charge < -0.3 is 10.2 Å². The molecule has 3 heteroatoms. The van der Waals surface area contributed by atoms with Crippen molar-refractivity contribution in [3.63, 3.8) is 0 Å². The van der Waals surface area contributed by atoms with Crippen molar-refractivity contribution in [3.05, 3.63) is 0 Å². The topological polar surface area (TPSA) is 32.3 Å². The predicted molar refractivity (Wildman–Crippen MR) is 58.2 cm³/mol. The number of carbonyl (C=O) groups is 1. The second kappa shape index (κ2) is 6.02. The van der Waals surface area contributed by atoms with Crippen LogP contribution in [0.1, 0.15) is 39.0 Å². The molecule has 3 nitrogen and oxygen atoms in total. The van der Waals surface area contributed by atoms with Crippen molar-refractivity contribution in [1.29, 1.82) is 0 Å². The zero-order valence-electron chi connectivity index (χ0n) is 9.38. The van der Waals surface area contributed by atoms with Crippen LogP contribution in [0, 0.1) is 0 Å². The third kappa shape index (κ3) is 3.66. The Hall–Kier alpha value is -0.570. The van der Waals surface area contributed by atoms with Crippen molar-refractivity contribution in [1.82, 2.24) is 10.2 Å². The van der Waals surface area contributed by atoms with E-state index >= 15 is 0 Å². The molecule has 0 aromatic carbocycles. The lowest BCUT2D eigenvalue weighted by Crippen LogP contribution is -2.40. The fourth-order valence-corrected chi connectivity index (χ4v) is 1.85. The fraction of sp³-hybridized carbons (Fsp3) is 0.909. The van der Waals surface area contributed by atoms with E-state index in [9.17, 15) is 4.79 Å². The molecule has 0 aromatic heterocycles. The Bertz CT molecular complexity index is 176. The van der Waals surface area contributed by atoms with Gasteiger partial charge in [0.1, 0.15) is 0 Å². The van der Waals surface area contributed by atoms with Gasteiger partial charge in [0.25, 0.3) is 0 Å². The van der Waals surface area contributed by atoms with Crippen LogP contribution >= 0.6 is 0 Å². The maximum absolute atomic E-state index is 11.5. The average molecular weight is 198 g/mol. The fourth-order valence-electron chi connectivity index (χ4n) is 1.85. The summed E-state index contributed by atoms with van der Waals surface area (Å²) in [7, 11) is 1.85. The third-order valence-corrected chi connectivity index (χ3v) is 3.05. The molecule has 0 saturated heterocycles. The molecular weight excluding hydrogens is 176 g/mol. The molecule has 1 fully saturated rings. The summed E-state index contributed by atoms with van der Waals surface area (Å²) < 4.78 is 0. The summed E-state index contributed by atoms with van der Waals surface area (Å²) in [6.45, 7) is 3.30. The van der Waals surface area contributed by atoms with E-state index < -0.39 is 0 Å². The minimum atomic E-state index is 0.207. The van der Waals surface area contributed by atoms with Gasteiger partial charge in [-0.25, -0.2) is 0 Å². The molecule has 0 aliphatic heterocycles. The SMILES string of the molecule is CCN(C)C(=O)CNC1CCCCC1. The molecule has 0 heterocycles. The van der Waals surface area contributed by atoms with Crippen molar-refractivity contribution >= 4 is 5.91 Å². The van der Waals surface area contributed by atoms with E-state index in [4.69, 9.17) is 0 Å². The highest BCUT2D eigenvalue weighted by Gasteiger charge is 2.14. The zero-order valence-corrected chi connectivity index (χ0v) is 9.38. The number of carbonyl (C=O) groups excluding carboxylic acids is 1. The molecule has 1 aliphatic rings. The highest BCUT2D eigenvalue weighted by atomic mass is 16.2. The monoisotopic (exact) mass is 198 g/mol. The van der Waals surface area contributed by atoms with Crippen LogP contribution in [-0.4, -0.2) is 37.0 Å². The molecule has 0 radical (unpaired) electrons. The molecule has 0 spiro atoms. The van der Waals surface area contributed by atoms with Gasteiger partial charge in [-0.05, 0) is 19.8 Å². The van der Waals surface area contributed by atoms with Crippen LogP contribution in [0.2, 0.25) is 0 Å². The van der Waals surface area contributed by atoms with Gasteiger partial charge in [-0.3, -0.25) is 4.79 Å². The molecule has 0 aromatic rings. The Labute approximate surface area is 86.9 Å². The van der Waals surface area contributed by atoms with Crippen LogP contribution in [-0.2, 0) is 4.79 Å². The Morgan fingerprint density at radius 3 is 2.57 bits per heavy atom. The van der Waals surface area contributed by atoms with E-state index in [2.05, 4.69) is 5.32 Å². The first-order valence-electron chi connectivity index (χ1n) is 5.71. The highest BCUT2D eigenvalue weighted by molar-refractivity contribution is 5.77. The zero-order chi connectivity index (χ0) is 10.4. The summed E-state index contributed by atoms with van der Waals surface area (Å²) >= 11 is 0. The lowest BCUT2D eigenvalue weighted by molar-refractivity contribution is -0.128. The Balaban J connectivity index is 2.15. The standard InChI is InChI=1S/C11H22N2O/c1-3-13(2)11(14)9-12-10-7-5-4-6-8-10/h10,12H,3-9H2,1-2H3. The first-order valence-corrected chi connectivity index (χ1v) is 5.71. The second-order valence-electron chi connectivity index (χ2n) is 4.12. The van der Waals surface area contributed by atoms with Crippen molar-refractivity contribution in [2.45, 2.75) is 45.1 Å². The Morgan fingerprint density at radius 1 is 1.36 bits per heavy atom.